The number of ether oxygens (including phenoxy) is 1. The number of aliphatic hydroxyl groups excluding tert-OH is 1. The zero-order valence-electron chi connectivity index (χ0n) is 37.9. The highest BCUT2D eigenvalue weighted by Gasteiger charge is 2.23. The summed E-state index contributed by atoms with van der Waals surface area (Å²) in [7, 11) is -4.42. The molecular formula is C49H90NO8P. The van der Waals surface area contributed by atoms with Gasteiger partial charge in [-0.3, -0.25) is 18.6 Å². The average Bonchev–Trinajstić information content (AvgIpc) is 3.22. The molecule has 9 nitrogen and oxygen atoms in total. The summed E-state index contributed by atoms with van der Waals surface area (Å²) in [6.45, 7) is 3.45. The highest BCUT2D eigenvalue weighted by molar-refractivity contribution is 7.47. The summed E-state index contributed by atoms with van der Waals surface area (Å²) in [5, 5.41) is 12.7. The predicted molar refractivity (Wildman–Crippen MR) is 247 cm³/mol. The first kappa shape index (κ1) is 57.0. The van der Waals surface area contributed by atoms with Crippen LogP contribution in [0.1, 0.15) is 219 Å². The van der Waals surface area contributed by atoms with E-state index in [2.05, 4.69) is 67.8 Å². The number of phosphoric acid groups is 1. The van der Waals surface area contributed by atoms with Crippen molar-refractivity contribution in [3.63, 3.8) is 0 Å². The molecule has 0 aliphatic carbocycles. The fourth-order valence-electron chi connectivity index (χ4n) is 6.63. The topological polar surface area (TPSA) is 131 Å². The van der Waals surface area contributed by atoms with Crippen LogP contribution in [0.3, 0.4) is 0 Å². The van der Waals surface area contributed by atoms with Gasteiger partial charge in [0.05, 0.1) is 13.2 Å². The maximum Gasteiger partial charge on any atom is 0.472 e. The number of aliphatic hydroxyl groups is 1. The minimum absolute atomic E-state index is 0.0752. The van der Waals surface area contributed by atoms with Crippen molar-refractivity contribution < 1.29 is 37.9 Å². The first-order valence-corrected chi connectivity index (χ1v) is 25.6. The Balaban J connectivity index is 3.57. The maximum atomic E-state index is 12.1. The van der Waals surface area contributed by atoms with Gasteiger partial charge in [0, 0.05) is 19.4 Å². The Morgan fingerprint density at radius 1 is 0.542 bits per heavy atom. The van der Waals surface area contributed by atoms with Crippen molar-refractivity contribution in [2.45, 2.75) is 225 Å². The monoisotopic (exact) mass is 852 g/mol. The Bertz CT molecular complexity index is 1110. The van der Waals surface area contributed by atoms with Crippen LogP contribution in [-0.4, -0.2) is 54.3 Å². The second-order valence-corrected chi connectivity index (χ2v) is 17.5. The number of carbonyl (C=O) groups is 2. The lowest BCUT2D eigenvalue weighted by Crippen LogP contribution is -2.27. The Morgan fingerprint density at radius 3 is 1.47 bits per heavy atom. The number of nitrogens with one attached hydrogen (secondary N) is 1. The van der Waals surface area contributed by atoms with Gasteiger partial charge in [-0.1, -0.05) is 184 Å². The van der Waals surface area contributed by atoms with E-state index >= 15 is 0 Å². The number of phosphoric ester groups is 1. The van der Waals surface area contributed by atoms with Gasteiger partial charge < -0.3 is 20.1 Å². The number of carbonyl (C=O) groups excluding carboxylic acids is 2. The lowest BCUT2D eigenvalue weighted by molar-refractivity contribution is -0.147. The zero-order chi connectivity index (χ0) is 43.2. The predicted octanol–water partition coefficient (Wildman–Crippen LogP) is 13.9. The molecule has 0 radical (unpaired) electrons. The number of hydrogen-bond acceptors (Lipinski definition) is 7. The van der Waals surface area contributed by atoms with Crippen molar-refractivity contribution in [2.24, 2.45) is 0 Å². The fourth-order valence-corrected chi connectivity index (χ4v) is 7.38. The van der Waals surface area contributed by atoms with Crippen LogP contribution in [0.4, 0.5) is 0 Å². The zero-order valence-corrected chi connectivity index (χ0v) is 38.8. The molecule has 0 bridgehead atoms. The normalized spacial score (nSPS) is 13.6. The summed E-state index contributed by atoms with van der Waals surface area (Å²) in [6, 6.07) is 0. The van der Waals surface area contributed by atoms with Gasteiger partial charge in [-0.25, -0.2) is 4.57 Å². The Kier molecular flexibility index (Phi) is 43.9. The first-order valence-electron chi connectivity index (χ1n) is 24.1. The summed E-state index contributed by atoms with van der Waals surface area (Å²) >= 11 is 0. The van der Waals surface area contributed by atoms with E-state index in [0.717, 1.165) is 64.2 Å². The summed E-state index contributed by atoms with van der Waals surface area (Å²) in [4.78, 5) is 34.0. The van der Waals surface area contributed by atoms with Crippen molar-refractivity contribution in [3.05, 3.63) is 48.6 Å². The van der Waals surface area contributed by atoms with Gasteiger partial charge in [0.1, 0.15) is 12.7 Å². The molecule has 10 heteroatoms. The molecule has 0 aromatic carbocycles. The van der Waals surface area contributed by atoms with Crippen molar-refractivity contribution in [3.8, 4) is 0 Å². The molecule has 1 amide bonds. The molecule has 0 aliphatic rings. The molecule has 344 valence electrons. The van der Waals surface area contributed by atoms with Crippen LogP contribution in [0.25, 0.3) is 0 Å². The van der Waals surface area contributed by atoms with Crippen LogP contribution < -0.4 is 5.32 Å². The van der Waals surface area contributed by atoms with Crippen LogP contribution in [0.2, 0.25) is 0 Å². The largest absolute Gasteiger partial charge is 0.472 e. The van der Waals surface area contributed by atoms with Gasteiger partial charge in [0.15, 0.2) is 0 Å². The highest BCUT2D eigenvalue weighted by atomic mass is 31.2. The minimum atomic E-state index is -4.42. The van der Waals surface area contributed by atoms with Gasteiger partial charge in [0.25, 0.3) is 0 Å². The molecule has 0 aliphatic heterocycles. The van der Waals surface area contributed by atoms with Gasteiger partial charge in [-0.2, -0.15) is 0 Å². The molecular weight excluding hydrogens is 762 g/mol. The quantitative estimate of drug-likeness (QED) is 0.0239. The van der Waals surface area contributed by atoms with Gasteiger partial charge >= 0.3 is 13.8 Å². The van der Waals surface area contributed by atoms with E-state index in [1.807, 2.05) is 0 Å². The number of rotatable bonds is 45. The molecule has 2 atom stereocenters. The number of esters is 1. The molecule has 0 aromatic heterocycles. The van der Waals surface area contributed by atoms with Crippen LogP contribution in [-0.2, 0) is 27.9 Å². The second-order valence-electron chi connectivity index (χ2n) is 16.0. The third kappa shape index (κ3) is 46.9. The maximum absolute atomic E-state index is 12.1. The van der Waals surface area contributed by atoms with E-state index < -0.39 is 26.5 Å². The van der Waals surface area contributed by atoms with Crippen molar-refractivity contribution in [1.29, 1.82) is 0 Å². The van der Waals surface area contributed by atoms with E-state index in [9.17, 15) is 24.2 Å². The Labute approximate surface area is 362 Å². The molecule has 0 spiro atoms. The van der Waals surface area contributed by atoms with Crippen molar-refractivity contribution in [2.75, 3.05) is 26.4 Å². The SMILES string of the molecule is CC/C=C\C/C=C\C/C=C\CCCCCCCCCC(=O)NCCOP(=O)(O)OCC(O)COC(=O)CCCCCCCCCCCCC/C=C/CCCCCCCC. The summed E-state index contributed by atoms with van der Waals surface area (Å²) in [5.74, 6) is -0.524. The lowest BCUT2D eigenvalue weighted by Gasteiger charge is -2.15. The smallest absolute Gasteiger partial charge is 0.463 e. The molecule has 0 fully saturated rings. The van der Waals surface area contributed by atoms with E-state index in [1.54, 1.807) is 0 Å². The van der Waals surface area contributed by atoms with E-state index in [0.29, 0.717) is 6.42 Å². The van der Waals surface area contributed by atoms with Crippen LogP contribution >= 0.6 is 7.82 Å². The lowest BCUT2D eigenvalue weighted by atomic mass is 10.0. The third-order valence-electron chi connectivity index (χ3n) is 10.2. The molecule has 3 N–H and O–H groups in total. The van der Waals surface area contributed by atoms with Gasteiger partial charge in [0.2, 0.25) is 5.91 Å². The molecule has 0 heterocycles. The van der Waals surface area contributed by atoms with Gasteiger partial charge in [-0.15, -0.1) is 0 Å². The molecule has 2 unspecified atom stereocenters. The van der Waals surface area contributed by atoms with E-state index in [1.165, 1.54) is 128 Å². The summed E-state index contributed by atoms with van der Waals surface area (Å²) in [6.07, 6.45) is 53.3. The molecule has 0 rings (SSSR count). The molecule has 59 heavy (non-hydrogen) atoms. The van der Waals surface area contributed by atoms with Crippen molar-refractivity contribution >= 4 is 19.7 Å². The van der Waals surface area contributed by atoms with Gasteiger partial charge in [-0.05, 0) is 70.6 Å². The first-order chi connectivity index (χ1) is 28.8. The summed E-state index contributed by atoms with van der Waals surface area (Å²) in [5.41, 5.74) is 0. The molecule has 0 saturated heterocycles. The number of amides is 1. The number of hydrogen-bond donors (Lipinski definition) is 3. The van der Waals surface area contributed by atoms with E-state index in [-0.39, 0.29) is 32.1 Å². The molecule has 0 saturated carbocycles. The Morgan fingerprint density at radius 2 is 0.966 bits per heavy atom. The average molecular weight is 852 g/mol. The number of unbranched alkanes of at least 4 members (excludes halogenated alkanes) is 24. The Hall–Kier alpha value is -2.03. The standard InChI is InChI=1S/C49H90NO8P/c1-3-5-7-9-11-13-15-17-19-21-22-23-24-26-28-30-32-34-36-38-40-42-49(53)56-45-47(51)46-58-59(54,55)57-44-43-50-48(52)41-39-37-35-33-31-29-27-25-20-18-16-14-12-10-8-6-4-2/h6,8,12,14,17-20,47,51H,3-5,7,9-11,13,15-16,21-46H2,1-2H3,(H,50,52)(H,54,55)/b8-6-,14-12-,19-17+,20-18-. The summed E-state index contributed by atoms with van der Waals surface area (Å²) < 4.78 is 26.9. The highest BCUT2D eigenvalue weighted by Crippen LogP contribution is 2.42. The van der Waals surface area contributed by atoms with E-state index in [4.69, 9.17) is 13.8 Å². The molecule has 0 aromatic rings. The fraction of sp³-hybridized carbons (Fsp3) is 0.796. The van der Waals surface area contributed by atoms with Crippen molar-refractivity contribution in [1.82, 2.24) is 5.32 Å². The number of allylic oxidation sites excluding steroid dienone is 8. The third-order valence-corrected chi connectivity index (χ3v) is 11.2. The second kappa shape index (κ2) is 45.5. The minimum Gasteiger partial charge on any atom is -0.463 e. The van der Waals surface area contributed by atoms with Crippen LogP contribution in [0.5, 0.6) is 0 Å². The van der Waals surface area contributed by atoms with Crippen LogP contribution in [0, 0.1) is 0 Å². The van der Waals surface area contributed by atoms with Crippen LogP contribution in [0.15, 0.2) is 48.6 Å².